The van der Waals surface area contributed by atoms with E-state index < -0.39 is 0 Å². The number of unbranched alkanes of at least 4 members (excludes halogenated alkanes) is 28. The number of hydrogen-bond acceptors (Lipinski definition) is 1. The summed E-state index contributed by atoms with van der Waals surface area (Å²) >= 11 is 0. The summed E-state index contributed by atoms with van der Waals surface area (Å²) in [7, 11) is 9.50. The molecule has 0 bridgehead atoms. The van der Waals surface area contributed by atoms with E-state index in [1.165, 1.54) is 219 Å². The molecule has 0 aliphatic carbocycles. The van der Waals surface area contributed by atoms with E-state index in [2.05, 4.69) is 42.0 Å². The lowest BCUT2D eigenvalue weighted by Gasteiger charge is -2.34. The van der Waals surface area contributed by atoms with Gasteiger partial charge in [-0.3, -0.25) is 0 Å². The molecule has 1 unspecified atom stereocenters. The molecule has 0 rings (SSSR count). The molecule has 1 N–H and O–H groups in total. The maximum absolute atomic E-state index is 10.7. The normalized spacial score (nSPS) is 13.1. The van der Waals surface area contributed by atoms with Crippen LogP contribution >= 0.6 is 0 Å². The molecule has 0 spiro atoms. The monoisotopic (exact) mass is 653 g/mol. The van der Waals surface area contributed by atoms with Crippen molar-refractivity contribution in [2.24, 2.45) is 0 Å². The summed E-state index contributed by atoms with van der Waals surface area (Å²) in [5.41, 5.74) is 0. The lowest BCUT2D eigenvalue weighted by atomic mass is 10.0. The number of quaternary nitrogens is 2. The average Bonchev–Trinajstić information content (AvgIpc) is 3.00. The van der Waals surface area contributed by atoms with Crippen LogP contribution in [-0.2, 0) is 0 Å². The van der Waals surface area contributed by atoms with Crippen LogP contribution in [0.1, 0.15) is 219 Å². The van der Waals surface area contributed by atoms with Gasteiger partial charge < -0.3 is 14.1 Å². The van der Waals surface area contributed by atoms with Crippen molar-refractivity contribution in [1.82, 2.24) is 0 Å². The molecule has 0 aliphatic rings. The van der Waals surface area contributed by atoms with Gasteiger partial charge in [-0.2, -0.15) is 0 Å². The Hall–Kier alpha value is -0.120. The van der Waals surface area contributed by atoms with Crippen LogP contribution < -0.4 is 0 Å². The van der Waals surface area contributed by atoms with Gasteiger partial charge in [0.1, 0.15) is 12.6 Å². The molecule has 278 valence electrons. The van der Waals surface area contributed by atoms with Crippen molar-refractivity contribution >= 4 is 0 Å². The van der Waals surface area contributed by atoms with Crippen LogP contribution in [0.3, 0.4) is 0 Å². The highest BCUT2D eigenvalue weighted by atomic mass is 16.3. The third-order valence-electron chi connectivity index (χ3n) is 10.7. The highest BCUT2D eigenvalue weighted by Crippen LogP contribution is 2.17. The fourth-order valence-electron chi connectivity index (χ4n) is 7.45. The maximum Gasteiger partial charge on any atom is 0.105 e. The second-order valence-electron chi connectivity index (χ2n) is 16.9. The standard InChI is InChI=1S/C43H92N2O/c1-7-9-11-13-15-17-19-21-23-24-26-28-30-32-34-36-39-44(3,4)40-37-41-45(5,6)42-43(46)38-35-33-31-29-27-25-22-20-18-16-14-12-10-8-2/h43,46H,7-42H2,1-6H3/q+2. The van der Waals surface area contributed by atoms with Crippen LogP contribution in [0, 0.1) is 0 Å². The highest BCUT2D eigenvalue weighted by Gasteiger charge is 2.22. The molecule has 0 saturated heterocycles. The van der Waals surface area contributed by atoms with Crippen LogP contribution in [-0.4, -0.2) is 74.5 Å². The third-order valence-corrected chi connectivity index (χ3v) is 10.7. The lowest BCUT2D eigenvalue weighted by molar-refractivity contribution is -0.911. The van der Waals surface area contributed by atoms with Crippen molar-refractivity contribution in [2.45, 2.75) is 225 Å². The molecule has 46 heavy (non-hydrogen) atoms. The second-order valence-corrected chi connectivity index (χ2v) is 16.9. The fourth-order valence-corrected chi connectivity index (χ4v) is 7.45. The van der Waals surface area contributed by atoms with Crippen LogP contribution in [0.2, 0.25) is 0 Å². The van der Waals surface area contributed by atoms with E-state index in [1.807, 2.05) is 0 Å². The van der Waals surface area contributed by atoms with Gasteiger partial charge in [0, 0.05) is 6.42 Å². The second kappa shape index (κ2) is 33.4. The predicted molar refractivity (Wildman–Crippen MR) is 209 cm³/mol. The Morgan fingerprint density at radius 2 is 0.587 bits per heavy atom. The molecular formula is C43H92N2O+2. The zero-order chi connectivity index (χ0) is 34.0. The van der Waals surface area contributed by atoms with E-state index in [1.54, 1.807) is 0 Å². The summed E-state index contributed by atoms with van der Waals surface area (Å²) < 4.78 is 2.11. The number of aliphatic hydroxyl groups excluding tert-OH is 1. The van der Waals surface area contributed by atoms with Gasteiger partial charge in [0.2, 0.25) is 0 Å². The zero-order valence-electron chi connectivity index (χ0n) is 33.4. The number of nitrogens with zero attached hydrogens (tertiary/aromatic N) is 2. The van der Waals surface area contributed by atoms with Gasteiger partial charge in [-0.15, -0.1) is 0 Å². The van der Waals surface area contributed by atoms with Gasteiger partial charge in [-0.25, -0.2) is 0 Å². The molecule has 0 aromatic heterocycles. The molecule has 0 aromatic carbocycles. The van der Waals surface area contributed by atoms with Gasteiger partial charge in [-0.05, 0) is 19.3 Å². The van der Waals surface area contributed by atoms with Crippen molar-refractivity contribution in [1.29, 1.82) is 0 Å². The van der Waals surface area contributed by atoms with Crippen molar-refractivity contribution in [3.8, 4) is 0 Å². The van der Waals surface area contributed by atoms with Gasteiger partial charge in [0.15, 0.2) is 0 Å². The number of rotatable bonds is 38. The van der Waals surface area contributed by atoms with E-state index in [0.717, 1.165) is 21.9 Å². The van der Waals surface area contributed by atoms with Crippen molar-refractivity contribution in [3.05, 3.63) is 0 Å². The summed E-state index contributed by atoms with van der Waals surface area (Å²) in [5, 5.41) is 10.7. The number of aliphatic hydroxyl groups is 1. The van der Waals surface area contributed by atoms with Gasteiger partial charge >= 0.3 is 0 Å². The first-order chi connectivity index (χ1) is 22.2. The molecule has 1 atom stereocenters. The largest absolute Gasteiger partial charge is 0.387 e. The summed E-state index contributed by atoms with van der Waals surface area (Å²) in [5.74, 6) is 0. The van der Waals surface area contributed by atoms with Crippen molar-refractivity contribution in [3.63, 3.8) is 0 Å². The quantitative estimate of drug-likeness (QED) is 0.0520. The molecule has 0 aromatic rings. The summed E-state index contributed by atoms with van der Waals surface area (Å²) in [6.45, 7) is 9.26. The van der Waals surface area contributed by atoms with Gasteiger partial charge in [0.05, 0.1) is 47.8 Å². The van der Waals surface area contributed by atoms with Crippen molar-refractivity contribution in [2.75, 3.05) is 54.4 Å². The topological polar surface area (TPSA) is 20.2 Å². The molecule has 0 heterocycles. The smallest absolute Gasteiger partial charge is 0.105 e. The Morgan fingerprint density at radius 3 is 0.935 bits per heavy atom. The van der Waals surface area contributed by atoms with E-state index >= 15 is 0 Å². The zero-order valence-corrected chi connectivity index (χ0v) is 33.4. The van der Waals surface area contributed by atoms with E-state index in [0.29, 0.717) is 0 Å². The fraction of sp³-hybridized carbons (Fsp3) is 1.00. The van der Waals surface area contributed by atoms with Gasteiger partial charge in [-0.1, -0.05) is 194 Å². The SMILES string of the molecule is CCCCCCCCCCCCCCCCCC[N+](C)(C)CCC[N+](C)(C)CC(O)CCCCCCCCCCCCCCCC. The molecule has 0 aliphatic heterocycles. The van der Waals surface area contributed by atoms with Crippen LogP contribution in [0.4, 0.5) is 0 Å². The first-order valence-electron chi connectivity index (χ1n) is 21.5. The Kier molecular flexibility index (Phi) is 33.3. The van der Waals surface area contributed by atoms with Crippen LogP contribution in [0.15, 0.2) is 0 Å². The molecule has 0 radical (unpaired) electrons. The van der Waals surface area contributed by atoms with E-state index in [-0.39, 0.29) is 6.10 Å². The summed E-state index contributed by atoms with van der Waals surface area (Å²) in [4.78, 5) is 0. The minimum Gasteiger partial charge on any atom is -0.387 e. The van der Waals surface area contributed by atoms with Crippen molar-refractivity contribution < 1.29 is 14.1 Å². The summed E-state index contributed by atoms with van der Waals surface area (Å²) in [6.07, 6.45) is 44.7. The molecule has 3 nitrogen and oxygen atoms in total. The molecule has 3 heteroatoms. The minimum atomic E-state index is -0.139. The number of hydrogen-bond donors (Lipinski definition) is 1. The first kappa shape index (κ1) is 45.9. The van der Waals surface area contributed by atoms with E-state index in [9.17, 15) is 5.11 Å². The molecule has 0 saturated carbocycles. The highest BCUT2D eigenvalue weighted by molar-refractivity contribution is 4.57. The Bertz CT molecular complexity index is 589. The molecular weight excluding hydrogens is 560 g/mol. The van der Waals surface area contributed by atoms with Gasteiger partial charge in [0.25, 0.3) is 0 Å². The van der Waals surface area contributed by atoms with Crippen LogP contribution in [0.5, 0.6) is 0 Å². The number of likely N-dealkylation sites (N-methyl/N-ethyl adjacent to an activating group) is 1. The summed E-state index contributed by atoms with van der Waals surface area (Å²) in [6, 6.07) is 0. The first-order valence-corrected chi connectivity index (χ1v) is 21.5. The van der Waals surface area contributed by atoms with Crippen LogP contribution in [0.25, 0.3) is 0 Å². The van der Waals surface area contributed by atoms with E-state index in [4.69, 9.17) is 0 Å². The molecule has 0 amide bonds. The Balaban J connectivity index is 3.60. The third kappa shape index (κ3) is 35.2. The average molecular weight is 653 g/mol. The molecule has 0 fully saturated rings. The Labute approximate surface area is 293 Å². The minimum absolute atomic E-state index is 0.139. The predicted octanol–water partition coefficient (Wildman–Crippen LogP) is 13.0. The Morgan fingerprint density at radius 1 is 0.326 bits per heavy atom. The maximum atomic E-state index is 10.7. The lowest BCUT2D eigenvalue weighted by Crippen LogP contribution is -2.48.